The van der Waals surface area contributed by atoms with Crippen molar-refractivity contribution in [3.05, 3.63) is 62.5 Å². The smallest absolute Gasteiger partial charge is 0.218 e. The van der Waals surface area contributed by atoms with E-state index in [0.717, 1.165) is 6.07 Å². The van der Waals surface area contributed by atoms with Crippen LogP contribution in [0.25, 0.3) is 0 Å². The number of benzene rings is 1. The van der Waals surface area contributed by atoms with E-state index in [1.165, 1.54) is 24.5 Å². The van der Waals surface area contributed by atoms with Gasteiger partial charge >= 0.3 is 0 Å². The Kier molecular flexibility index (Phi) is 3.47. The molecule has 6 heteroatoms. The van der Waals surface area contributed by atoms with E-state index in [-0.39, 0.29) is 17.7 Å². The molecule has 0 saturated carbocycles. The minimum absolute atomic E-state index is 0.0706. The summed E-state index contributed by atoms with van der Waals surface area (Å²) in [5.41, 5.74) is 5.73. The molecule has 1 heterocycles. The molecule has 94 valence electrons. The van der Waals surface area contributed by atoms with Gasteiger partial charge in [-0.05, 0) is 33.6 Å². The van der Waals surface area contributed by atoms with Gasteiger partial charge in [-0.3, -0.25) is 4.79 Å². The average Bonchev–Trinajstić information content (AvgIpc) is 2.24. The van der Waals surface area contributed by atoms with Crippen molar-refractivity contribution in [2.24, 2.45) is 0 Å². The molecule has 0 spiro atoms. The van der Waals surface area contributed by atoms with Gasteiger partial charge in [0.05, 0.1) is 10.2 Å². The lowest BCUT2D eigenvalue weighted by molar-refractivity contribution is 0.577. The molecule has 2 rings (SSSR count). The van der Waals surface area contributed by atoms with Crippen molar-refractivity contribution >= 4 is 21.6 Å². The first-order valence-corrected chi connectivity index (χ1v) is 5.85. The van der Waals surface area contributed by atoms with Gasteiger partial charge in [-0.25, -0.2) is 8.78 Å². The largest absolute Gasteiger partial charge is 0.394 e. The lowest BCUT2D eigenvalue weighted by atomic mass is 10.2. The van der Waals surface area contributed by atoms with E-state index in [1.807, 2.05) is 0 Å². The Bertz CT molecular complexity index is 609. The number of aromatic nitrogens is 1. The zero-order valence-corrected chi connectivity index (χ0v) is 10.7. The molecular formula is C12H9BrF2N2O. The lowest BCUT2D eigenvalue weighted by Crippen LogP contribution is -2.13. The van der Waals surface area contributed by atoms with Crippen molar-refractivity contribution in [2.45, 2.75) is 6.54 Å². The molecule has 0 aliphatic carbocycles. The van der Waals surface area contributed by atoms with E-state index >= 15 is 0 Å². The average molecular weight is 315 g/mol. The van der Waals surface area contributed by atoms with Crippen LogP contribution < -0.4 is 11.2 Å². The maximum Gasteiger partial charge on any atom is 0.218 e. The SMILES string of the molecule is Nc1cn(Cc2cc(F)cc(F)c2)cc(Br)c1=O. The first-order chi connectivity index (χ1) is 8.45. The van der Waals surface area contributed by atoms with Crippen molar-refractivity contribution in [2.75, 3.05) is 5.73 Å². The second kappa shape index (κ2) is 4.89. The van der Waals surface area contributed by atoms with Crippen LogP contribution in [0, 0.1) is 11.6 Å². The van der Waals surface area contributed by atoms with Gasteiger partial charge in [0.2, 0.25) is 5.43 Å². The third kappa shape index (κ3) is 2.76. The summed E-state index contributed by atoms with van der Waals surface area (Å²) in [6.45, 7) is 0.220. The van der Waals surface area contributed by atoms with Crippen LogP contribution in [0.5, 0.6) is 0 Å². The number of pyridine rings is 1. The highest BCUT2D eigenvalue weighted by Crippen LogP contribution is 2.12. The minimum atomic E-state index is -0.641. The maximum atomic E-state index is 13.0. The predicted molar refractivity (Wildman–Crippen MR) is 68.3 cm³/mol. The molecule has 0 atom stereocenters. The molecule has 0 amide bonds. The van der Waals surface area contributed by atoms with E-state index in [0.29, 0.717) is 10.0 Å². The van der Waals surface area contributed by atoms with Gasteiger partial charge in [0.25, 0.3) is 0 Å². The third-order valence-corrected chi connectivity index (χ3v) is 2.92. The van der Waals surface area contributed by atoms with Crippen molar-refractivity contribution in [1.29, 1.82) is 0 Å². The van der Waals surface area contributed by atoms with E-state index in [9.17, 15) is 13.6 Å². The quantitative estimate of drug-likeness (QED) is 0.926. The first kappa shape index (κ1) is 12.8. The number of rotatable bonds is 2. The van der Waals surface area contributed by atoms with Gasteiger partial charge in [-0.15, -0.1) is 0 Å². The molecule has 0 saturated heterocycles. The monoisotopic (exact) mass is 314 g/mol. The van der Waals surface area contributed by atoms with Crippen LogP contribution in [0.3, 0.4) is 0 Å². The van der Waals surface area contributed by atoms with E-state index in [2.05, 4.69) is 15.9 Å². The Balaban J connectivity index is 2.37. The molecule has 2 N–H and O–H groups in total. The maximum absolute atomic E-state index is 13.0. The summed E-state index contributed by atoms with van der Waals surface area (Å²) in [6, 6.07) is 3.26. The van der Waals surface area contributed by atoms with Crippen molar-refractivity contribution < 1.29 is 8.78 Å². The van der Waals surface area contributed by atoms with Gasteiger partial charge < -0.3 is 10.3 Å². The van der Waals surface area contributed by atoms with Gasteiger partial charge in [0.15, 0.2) is 0 Å². The molecule has 1 aromatic heterocycles. The molecule has 0 fully saturated rings. The van der Waals surface area contributed by atoms with Gasteiger partial charge in [-0.1, -0.05) is 0 Å². The second-order valence-corrected chi connectivity index (χ2v) is 4.69. The fourth-order valence-electron chi connectivity index (χ4n) is 1.62. The molecule has 2 aromatic rings. The summed E-state index contributed by atoms with van der Waals surface area (Å²) in [6.07, 6.45) is 2.94. The zero-order valence-electron chi connectivity index (χ0n) is 9.16. The number of anilines is 1. The third-order valence-electron chi connectivity index (χ3n) is 2.35. The van der Waals surface area contributed by atoms with Crippen LogP contribution in [0.15, 0.2) is 39.9 Å². The summed E-state index contributed by atoms with van der Waals surface area (Å²) in [5.74, 6) is -1.28. The highest BCUT2D eigenvalue weighted by molar-refractivity contribution is 9.10. The highest BCUT2D eigenvalue weighted by atomic mass is 79.9. The Morgan fingerprint density at radius 1 is 1.17 bits per heavy atom. The van der Waals surface area contributed by atoms with Crippen LogP contribution in [0.4, 0.5) is 14.5 Å². The van der Waals surface area contributed by atoms with Crippen molar-refractivity contribution in [3.8, 4) is 0 Å². The van der Waals surface area contributed by atoms with E-state index < -0.39 is 11.6 Å². The number of nitrogens with zero attached hydrogens (tertiary/aromatic N) is 1. The van der Waals surface area contributed by atoms with Crippen LogP contribution in [0.2, 0.25) is 0 Å². The van der Waals surface area contributed by atoms with Gasteiger partial charge in [-0.2, -0.15) is 0 Å². The number of halogens is 3. The number of nitrogen functional groups attached to an aromatic ring is 1. The fraction of sp³-hybridized carbons (Fsp3) is 0.0833. The van der Waals surface area contributed by atoms with Crippen LogP contribution >= 0.6 is 15.9 Å². The summed E-state index contributed by atoms with van der Waals surface area (Å²) < 4.78 is 27.9. The number of hydrogen-bond acceptors (Lipinski definition) is 2. The van der Waals surface area contributed by atoms with E-state index in [1.54, 1.807) is 4.57 Å². The summed E-state index contributed by atoms with van der Waals surface area (Å²) >= 11 is 3.08. The first-order valence-electron chi connectivity index (χ1n) is 5.06. The van der Waals surface area contributed by atoms with Gasteiger partial charge in [0, 0.05) is 25.0 Å². The molecule has 18 heavy (non-hydrogen) atoms. The topological polar surface area (TPSA) is 48.0 Å². The summed E-state index contributed by atoms with van der Waals surface area (Å²) in [7, 11) is 0. The Hall–Kier alpha value is -1.69. The molecule has 0 radical (unpaired) electrons. The Morgan fingerprint density at radius 2 is 1.78 bits per heavy atom. The Morgan fingerprint density at radius 3 is 2.33 bits per heavy atom. The molecule has 0 unspecified atom stereocenters. The summed E-state index contributed by atoms with van der Waals surface area (Å²) in [5, 5.41) is 0. The normalized spacial score (nSPS) is 10.6. The lowest BCUT2D eigenvalue weighted by Gasteiger charge is -2.08. The highest BCUT2D eigenvalue weighted by Gasteiger charge is 2.05. The van der Waals surface area contributed by atoms with Crippen molar-refractivity contribution in [1.82, 2.24) is 4.57 Å². The summed E-state index contributed by atoms with van der Waals surface area (Å²) in [4.78, 5) is 11.4. The van der Waals surface area contributed by atoms with Crippen molar-refractivity contribution in [3.63, 3.8) is 0 Å². The fourth-order valence-corrected chi connectivity index (χ4v) is 2.11. The van der Waals surface area contributed by atoms with Crippen LogP contribution in [-0.2, 0) is 6.54 Å². The van der Waals surface area contributed by atoms with Crippen LogP contribution in [0.1, 0.15) is 5.56 Å². The molecule has 0 aliphatic rings. The molecule has 0 bridgehead atoms. The molecule has 3 nitrogen and oxygen atoms in total. The van der Waals surface area contributed by atoms with E-state index in [4.69, 9.17) is 5.73 Å². The molecular weight excluding hydrogens is 306 g/mol. The minimum Gasteiger partial charge on any atom is -0.394 e. The van der Waals surface area contributed by atoms with Crippen LogP contribution in [-0.4, -0.2) is 4.57 Å². The predicted octanol–water partition coefficient (Wildman–Crippen LogP) is 2.52. The zero-order chi connectivity index (χ0) is 13.3. The second-order valence-electron chi connectivity index (χ2n) is 3.84. The van der Waals surface area contributed by atoms with Gasteiger partial charge in [0.1, 0.15) is 11.6 Å². The Labute approximate surface area is 110 Å². The standard InChI is InChI=1S/C12H9BrF2N2O/c13-10-5-17(6-11(16)12(10)18)4-7-1-8(14)3-9(15)2-7/h1-3,5-6H,4,16H2. The molecule has 1 aromatic carbocycles. The molecule has 0 aliphatic heterocycles. The number of hydrogen-bond donors (Lipinski definition) is 1. The number of nitrogens with two attached hydrogens (primary N) is 1.